The number of hydrogen-bond acceptors (Lipinski definition) is 7. The van der Waals surface area contributed by atoms with Crippen LogP contribution in [0.3, 0.4) is 0 Å². The summed E-state index contributed by atoms with van der Waals surface area (Å²) in [4.78, 5) is 36.3. The predicted octanol–water partition coefficient (Wildman–Crippen LogP) is 4.09. The molecule has 1 saturated heterocycles. The predicted molar refractivity (Wildman–Crippen MR) is 131 cm³/mol. The topological polar surface area (TPSA) is 78.5 Å². The maximum Gasteiger partial charge on any atom is 0.262 e. The molecule has 0 bridgehead atoms. The van der Waals surface area contributed by atoms with Crippen LogP contribution in [0.2, 0.25) is 0 Å². The molecule has 33 heavy (non-hydrogen) atoms. The van der Waals surface area contributed by atoms with Gasteiger partial charge in [-0.25, -0.2) is 9.97 Å². The van der Waals surface area contributed by atoms with E-state index in [1.807, 2.05) is 48.5 Å². The second-order valence-corrected chi connectivity index (χ2v) is 9.98. The molecule has 1 aliphatic rings. The molecule has 1 atom stereocenters. The van der Waals surface area contributed by atoms with E-state index < -0.39 is 0 Å². The fourth-order valence-corrected chi connectivity index (χ4v) is 6.20. The Morgan fingerprint density at radius 1 is 1.09 bits per heavy atom. The second-order valence-electron chi connectivity index (χ2n) is 8.02. The van der Waals surface area contributed by atoms with Crippen molar-refractivity contribution in [3.8, 4) is 0 Å². The van der Waals surface area contributed by atoms with Crippen LogP contribution in [0.15, 0.2) is 69.3 Å². The third-order valence-electron chi connectivity index (χ3n) is 5.83. The molecule has 6 rings (SSSR count). The molecule has 0 aliphatic carbocycles. The summed E-state index contributed by atoms with van der Waals surface area (Å²) in [7, 11) is 0. The van der Waals surface area contributed by atoms with Crippen LogP contribution < -0.4 is 11.1 Å². The number of rotatable bonds is 5. The van der Waals surface area contributed by atoms with Crippen molar-refractivity contribution >= 4 is 49.2 Å². The van der Waals surface area contributed by atoms with E-state index in [4.69, 9.17) is 14.7 Å². The highest BCUT2D eigenvalue weighted by molar-refractivity contribution is 7.98. The van der Waals surface area contributed by atoms with Crippen LogP contribution in [0.1, 0.15) is 18.5 Å². The first-order valence-electron chi connectivity index (χ1n) is 10.8. The van der Waals surface area contributed by atoms with Gasteiger partial charge >= 0.3 is 0 Å². The minimum atomic E-state index is -0.101. The molecular weight excluding hydrogens is 456 g/mol. The highest BCUT2D eigenvalue weighted by Gasteiger charge is 2.20. The molecule has 0 N–H and O–H groups in total. The second kappa shape index (κ2) is 8.40. The first-order chi connectivity index (χ1) is 16.2. The van der Waals surface area contributed by atoms with Gasteiger partial charge in [0.25, 0.3) is 11.1 Å². The number of aromatic nitrogens is 4. The summed E-state index contributed by atoms with van der Waals surface area (Å²) < 4.78 is 10.2. The van der Waals surface area contributed by atoms with Gasteiger partial charge in [0, 0.05) is 18.4 Å². The molecular formula is C24H20N4O3S2. The smallest absolute Gasteiger partial charge is 0.262 e. The standard InChI is InChI=1S/C24H20N4O3S2/c29-21-12-15(25-24-28(21)19-9-3-4-10-20(19)33-24)14-32-23-26-18-8-2-1-7-17(18)22(30)27(23)13-16-6-5-11-31-16/h1-4,7-10,12,16H,5-6,11,13-14H2. The molecule has 1 fully saturated rings. The highest BCUT2D eigenvalue weighted by atomic mass is 32.2. The summed E-state index contributed by atoms with van der Waals surface area (Å²) >= 11 is 2.92. The van der Waals surface area contributed by atoms with Crippen LogP contribution in [0.5, 0.6) is 0 Å². The lowest BCUT2D eigenvalue weighted by molar-refractivity contribution is 0.0937. The highest BCUT2D eigenvalue weighted by Crippen LogP contribution is 2.26. The van der Waals surface area contributed by atoms with Crippen LogP contribution in [0, 0.1) is 0 Å². The van der Waals surface area contributed by atoms with Crippen LogP contribution in [0.4, 0.5) is 0 Å². The van der Waals surface area contributed by atoms with Gasteiger partial charge in [0.05, 0.1) is 39.5 Å². The molecule has 166 valence electrons. The zero-order valence-corrected chi connectivity index (χ0v) is 19.3. The number of benzene rings is 2. The molecule has 0 spiro atoms. The van der Waals surface area contributed by atoms with E-state index in [1.165, 1.54) is 23.1 Å². The Bertz CT molecular complexity index is 1620. The molecule has 1 aliphatic heterocycles. The van der Waals surface area contributed by atoms with E-state index >= 15 is 0 Å². The number of thiazole rings is 1. The van der Waals surface area contributed by atoms with Gasteiger partial charge < -0.3 is 4.74 Å². The van der Waals surface area contributed by atoms with Gasteiger partial charge in [-0.2, -0.15) is 0 Å². The van der Waals surface area contributed by atoms with Crippen LogP contribution in [-0.4, -0.2) is 31.6 Å². The zero-order valence-electron chi connectivity index (χ0n) is 17.6. The number of ether oxygens (including phenoxy) is 1. The third kappa shape index (κ3) is 3.76. The Labute approximate surface area is 196 Å². The number of hydrogen-bond donors (Lipinski definition) is 0. The van der Waals surface area contributed by atoms with E-state index in [1.54, 1.807) is 15.0 Å². The minimum absolute atomic E-state index is 0.0164. The Morgan fingerprint density at radius 2 is 1.94 bits per heavy atom. The van der Waals surface area contributed by atoms with Crippen molar-refractivity contribution in [3.63, 3.8) is 0 Å². The SMILES string of the molecule is O=c1c2ccccc2nc(SCc2cc(=O)n3c(n2)sc2ccccc23)n1CC1CCCO1. The van der Waals surface area contributed by atoms with Gasteiger partial charge in [-0.1, -0.05) is 47.4 Å². The fraction of sp³-hybridized carbons (Fsp3) is 0.250. The largest absolute Gasteiger partial charge is 0.376 e. The summed E-state index contributed by atoms with van der Waals surface area (Å²) in [6, 6.07) is 16.8. The Morgan fingerprint density at radius 3 is 2.82 bits per heavy atom. The summed E-state index contributed by atoms with van der Waals surface area (Å²) in [5.41, 5.74) is 2.04. The van der Waals surface area contributed by atoms with Crippen LogP contribution in [0.25, 0.3) is 26.1 Å². The molecule has 9 heteroatoms. The maximum atomic E-state index is 13.3. The van der Waals surface area contributed by atoms with Gasteiger partial charge in [-0.15, -0.1) is 0 Å². The summed E-state index contributed by atoms with van der Waals surface area (Å²) in [5.74, 6) is 0.441. The lowest BCUT2D eigenvalue weighted by atomic mass is 10.2. The van der Waals surface area contributed by atoms with Crippen LogP contribution >= 0.6 is 23.1 Å². The first kappa shape index (κ1) is 20.6. The fourth-order valence-electron chi connectivity index (χ4n) is 4.25. The lowest BCUT2D eigenvalue weighted by Crippen LogP contribution is -2.28. The average molecular weight is 477 g/mol. The van der Waals surface area contributed by atoms with Crippen molar-refractivity contribution in [2.75, 3.05) is 6.61 Å². The van der Waals surface area contributed by atoms with Crippen molar-refractivity contribution < 1.29 is 4.74 Å². The summed E-state index contributed by atoms with van der Waals surface area (Å²) in [5, 5.41) is 1.22. The van der Waals surface area contributed by atoms with Gasteiger partial charge in [0.1, 0.15) is 0 Å². The molecule has 5 aromatic rings. The van der Waals surface area contributed by atoms with Crippen molar-refractivity contribution in [1.82, 2.24) is 18.9 Å². The maximum absolute atomic E-state index is 13.3. The molecule has 2 aromatic carbocycles. The molecule has 7 nitrogen and oxygen atoms in total. The first-order valence-corrected chi connectivity index (χ1v) is 12.6. The monoisotopic (exact) mass is 476 g/mol. The van der Waals surface area contributed by atoms with Crippen molar-refractivity contribution in [2.24, 2.45) is 0 Å². The molecule has 0 radical (unpaired) electrons. The average Bonchev–Trinajstić information content (AvgIpc) is 3.47. The van der Waals surface area contributed by atoms with E-state index in [0.29, 0.717) is 39.0 Å². The number of para-hydroxylation sites is 2. The van der Waals surface area contributed by atoms with Gasteiger partial charge in [-0.05, 0) is 37.1 Å². The summed E-state index contributed by atoms with van der Waals surface area (Å²) in [6.45, 7) is 1.20. The van der Waals surface area contributed by atoms with Crippen molar-refractivity contribution in [3.05, 3.63) is 81.0 Å². The number of fused-ring (bicyclic) bond motifs is 4. The quantitative estimate of drug-likeness (QED) is 0.281. The normalized spacial score (nSPS) is 16.3. The lowest BCUT2D eigenvalue weighted by Gasteiger charge is -2.16. The Balaban J connectivity index is 1.38. The number of thioether (sulfide) groups is 1. The Hall–Kier alpha value is -3.01. The third-order valence-corrected chi connectivity index (χ3v) is 7.87. The van der Waals surface area contributed by atoms with Gasteiger partial charge in [0.2, 0.25) is 0 Å². The Kier molecular flexibility index (Phi) is 5.24. The summed E-state index contributed by atoms with van der Waals surface area (Å²) in [6.07, 6.45) is 1.96. The molecule has 0 amide bonds. The van der Waals surface area contributed by atoms with E-state index in [-0.39, 0.29) is 17.2 Å². The van der Waals surface area contributed by atoms with E-state index in [9.17, 15) is 9.59 Å². The van der Waals surface area contributed by atoms with Gasteiger partial charge in [0.15, 0.2) is 10.1 Å². The molecule has 3 aromatic heterocycles. The van der Waals surface area contributed by atoms with E-state index in [2.05, 4.69) is 0 Å². The van der Waals surface area contributed by atoms with Gasteiger partial charge in [-0.3, -0.25) is 18.6 Å². The van der Waals surface area contributed by atoms with Crippen molar-refractivity contribution in [1.29, 1.82) is 0 Å². The molecule has 4 heterocycles. The molecule has 1 unspecified atom stereocenters. The molecule has 0 saturated carbocycles. The van der Waals surface area contributed by atoms with E-state index in [0.717, 1.165) is 29.7 Å². The van der Waals surface area contributed by atoms with Crippen molar-refractivity contribution in [2.45, 2.75) is 36.4 Å². The number of nitrogens with zero attached hydrogens (tertiary/aromatic N) is 4. The zero-order chi connectivity index (χ0) is 22.4. The van der Waals surface area contributed by atoms with Crippen LogP contribution in [-0.2, 0) is 17.0 Å². The minimum Gasteiger partial charge on any atom is -0.376 e.